The maximum Gasteiger partial charge on any atom is 0.164 e. The molecular formula is C14H22O2. The van der Waals surface area contributed by atoms with Gasteiger partial charge < -0.3 is 4.74 Å². The molecule has 1 saturated heterocycles. The number of carbonyl (C=O) groups is 1. The van der Waals surface area contributed by atoms with Crippen LogP contribution in [0.4, 0.5) is 0 Å². The third kappa shape index (κ3) is 1.84. The summed E-state index contributed by atoms with van der Waals surface area (Å²) in [6.07, 6.45) is 2.65. The molecule has 0 aromatic rings. The van der Waals surface area contributed by atoms with E-state index in [1.807, 2.05) is 13.8 Å². The zero-order valence-electron chi connectivity index (χ0n) is 11.0. The average Bonchev–Trinajstić information content (AvgIpc) is 2.10. The highest BCUT2D eigenvalue weighted by Gasteiger charge is 2.43. The van der Waals surface area contributed by atoms with Crippen LogP contribution in [0.3, 0.4) is 0 Å². The van der Waals surface area contributed by atoms with Crippen LogP contribution in [0.1, 0.15) is 53.9 Å². The second-order valence-corrected chi connectivity index (χ2v) is 6.43. The number of Topliss-reactive ketones (excluding diaryl/α,β-unsaturated/α-hetero) is 1. The summed E-state index contributed by atoms with van der Waals surface area (Å²) < 4.78 is 6.03. The van der Waals surface area contributed by atoms with Gasteiger partial charge in [0.15, 0.2) is 5.78 Å². The highest BCUT2D eigenvalue weighted by atomic mass is 16.5. The Labute approximate surface area is 98.1 Å². The Hall–Kier alpha value is -0.630. The largest absolute Gasteiger partial charge is 0.367 e. The maximum atomic E-state index is 12.2. The Morgan fingerprint density at radius 3 is 2.50 bits per heavy atom. The van der Waals surface area contributed by atoms with Gasteiger partial charge in [0.2, 0.25) is 0 Å². The van der Waals surface area contributed by atoms with Gasteiger partial charge in [0, 0.05) is 12.0 Å². The first-order valence-corrected chi connectivity index (χ1v) is 6.15. The van der Waals surface area contributed by atoms with Gasteiger partial charge in [-0.2, -0.15) is 0 Å². The molecule has 1 atom stereocenters. The minimum absolute atomic E-state index is 0.0456. The van der Waals surface area contributed by atoms with Crippen molar-refractivity contribution in [1.29, 1.82) is 0 Å². The van der Waals surface area contributed by atoms with E-state index in [9.17, 15) is 4.79 Å². The number of hydrogen-bond acceptors (Lipinski definition) is 2. The highest BCUT2D eigenvalue weighted by molar-refractivity contribution is 5.98. The molecular weight excluding hydrogens is 200 g/mol. The lowest BCUT2D eigenvalue weighted by Gasteiger charge is -2.44. The summed E-state index contributed by atoms with van der Waals surface area (Å²) in [6, 6.07) is 0. The van der Waals surface area contributed by atoms with E-state index in [1.165, 1.54) is 5.57 Å². The van der Waals surface area contributed by atoms with Crippen molar-refractivity contribution in [3.63, 3.8) is 0 Å². The summed E-state index contributed by atoms with van der Waals surface area (Å²) >= 11 is 0. The molecule has 16 heavy (non-hydrogen) atoms. The maximum absolute atomic E-state index is 12.2. The highest BCUT2D eigenvalue weighted by Crippen LogP contribution is 2.45. The molecule has 0 spiro atoms. The molecule has 1 fully saturated rings. The number of fused-ring (bicyclic) bond motifs is 1. The molecule has 2 heteroatoms. The van der Waals surface area contributed by atoms with Gasteiger partial charge in [0.25, 0.3) is 0 Å². The van der Waals surface area contributed by atoms with E-state index < -0.39 is 0 Å². The quantitative estimate of drug-likeness (QED) is 0.629. The van der Waals surface area contributed by atoms with E-state index in [4.69, 9.17) is 4.74 Å². The monoisotopic (exact) mass is 222 g/mol. The number of ketones is 1. The Balaban J connectivity index is 2.41. The molecule has 0 aromatic heterocycles. The van der Waals surface area contributed by atoms with Gasteiger partial charge in [-0.1, -0.05) is 19.4 Å². The Kier molecular flexibility index (Phi) is 2.54. The van der Waals surface area contributed by atoms with Crippen LogP contribution in [0.2, 0.25) is 0 Å². The van der Waals surface area contributed by atoms with Crippen LogP contribution in [0.5, 0.6) is 0 Å². The van der Waals surface area contributed by atoms with Crippen LogP contribution in [0.15, 0.2) is 11.1 Å². The molecule has 0 radical (unpaired) electrons. The van der Waals surface area contributed by atoms with E-state index in [-0.39, 0.29) is 17.1 Å². The molecule has 2 rings (SSSR count). The summed E-state index contributed by atoms with van der Waals surface area (Å²) in [5, 5.41) is 0. The topological polar surface area (TPSA) is 26.3 Å². The Morgan fingerprint density at radius 2 is 1.88 bits per heavy atom. The van der Waals surface area contributed by atoms with Crippen LogP contribution in [-0.2, 0) is 9.53 Å². The van der Waals surface area contributed by atoms with Crippen molar-refractivity contribution in [2.24, 2.45) is 5.41 Å². The van der Waals surface area contributed by atoms with Crippen molar-refractivity contribution < 1.29 is 9.53 Å². The predicted octanol–water partition coefficient (Wildman–Crippen LogP) is 3.26. The lowest BCUT2D eigenvalue weighted by molar-refractivity contribution is -0.138. The number of carbonyl (C=O) groups excluding carboxylic acids is 1. The van der Waals surface area contributed by atoms with Gasteiger partial charge in [-0.05, 0) is 39.0 Å². The van der Waals surface area contributed by atoms with Crippen LogP contribution in [0, 0.1) is 5.41 Å². The fourth-order valence-electron chi connectivity index (χ4n) is 2.85. The van der Waals surface area contributed by atoms with Gasteiger partial charge in [-0.25, -0.2) is 0 Å². The molecule has 1 heterocycles. The third-order valence-corrected chi connectivity index (χ3v) is 4.12. The van der Waals surface area contributed by atoms with Crippen molar-refractivity contribution in [1.82, 2.24) is 0 Å². The van der Waals surface area contributed by atoms with Crippen LogP contribution in [0.25, 0.3) is 0 Å². The zero-order valence-corrected chi connectivity index (χ0v) is 11.0. The first-order chi connectivity index (χ1) is 7.23. The zero-order chi connectivity index (χ0) is 12.1. The fraction of sp³-hybridized carbons (Fsp3) is 0.786. The van der Waals surface area contributed by atoms with Gasteiger partial charge in [0.1, 0.15) is 0 Å². The van der Waals surface area contributed by atoms with Gasteiger partial charge in [-0.3, -0.25) is 4.79 Å². The van der Waals surface area contributed by atoms with E-state index >= 15 is 0 Å². The smallest absolute Gasteiger partial charge is 0.164 e. The second-order valence-electron chi connectivity index (χ2n) is 6.43. The molecule has 0 amide bonds. The fourth-order valence-corrected chi connectivity index (χ4v) is 2.85. The van der Waals surface area contributed by atoms with Gasteiger partial charge in [0.05, 0.1) is 11.7 Å². The van der Waals surface area contributed by atoms with Crippen molar-refractivity contribution in [2.75, 3.05) is 0 Å². The Morgan fingerprint density at radius 1 is 1.25 bits per heavy atom. The molecule has 0 aromatic carbocycles. The lowest BCUT2D eigenvalue weighted by Crippen LogP contribution is -2.45. The lowest BCUT2D eigenvalue weighted by atomic mass is 9.69. The molecule has 1 unspecified atom stereocenters. The number of allylic oxidation sites excluding steroid dienone is 1. The summed E-state index contributed by atoms with van der Waals surface area (Å²) in [7, 11) is 0. The normalized spacial score (nSPS) is 32.6. The minimum Gasteiger partial charge on any atom is -0.367 e. The van der Waals surface area contributed by atoms with Crippen molar-refractivity contribution >= 4 is 5.78 Å². The molecule has 2 nitrogen and oxygen atoms in total. The van der Waals surface area contributed by atoms with Crippen LogP contribution in [-0.4, -0.2) is 17.5 Å². The summed E-state index contributed by atoms with van der Waals surface area (Å²) in [5.41, 5.74) is 2.08. The summed E-state index contributed by atoms with van der Waals surface area (Å²) in [4.78, 5) is 12.2. The molecule has 2 aliphatic rings. The number of hydrogen-bond donors (Lipinski definition) is 0. The van der Waals surface area contributed by atoms with Crippen molar-refractivity contribution in [3.05, 3.63) is 11.1 Å². The molecule has 1 aliphatic carbocycles. The third-order valence-electron chi connectivity index (χ3n) is 4.12. The number of ether oxygens (including phenoxy) is 1. The van der Waals surface area contributed by atoms with Crippen molar-refractivity contribution in [2.45, 2.75) is 65.6 Å². The molecule has 0 saturated carbocycles. The number of rotatable bonds is 0. The Bertz CT molecular complexity index is 361. The predicted molar refractivity (Wildman–Crippen MR) is 64.3 cm³/mol. The van der Waals surface area contributed by atoms with E-state index in [0.717, 1.165) is 18.4 Å². The average molecular weight is 222 g/mol. The first kappa shape index (κ1) is 11.8. The molecule has 0 bridgehead atoms. The second kappa shape index (κ2) is 3.43. The summed E-state index contributed by atoms with van der Waals surface area (Å²) in [5.74, 6) is 0.298. The van der Waals surface area contributed by atoms with Gasteiger partial charge >= 0.3 is 0 Å². The first-order valence-electron chi connectivity index (χ1n) is 6.15. The van der Waals surface area contributed by atoms with E-state index in [2.05, 4.69) is 20.8 Å². The SMILES string of the molecule is CC1=C2C(=O)CC(C)(C)OC2CCC1(C)C. The molecule has 1 aliphatic heterocycles. The van der Waals surface area contributed by atoms with Gasteiger partial charge in [-0.15, -0.1) is 0 Å². The minimum atomic E-state index is -0.285. The van der Waals surface area contributed by atoms with Crippen molar-refractivity contribution in [3.8, 4) is 0 Å². The summed E-state index contributed by atoms with van der Waals surface area (Å²) in [6.45, 7) is 10.6. The van der Waals surface area contributed by atoms with E-state index in [0.29, 0.717) is 12.2 Å². The standard InChI is InChI=1S/C14H22O2/c1-9-12-10(15)8-14(4,5)16-11(12)6-7-13(9,2)3/h11H,6-8H2,1-5H3. The van der Waals surface area contributed by atoms with Crippen LogP contribution >= 0.6 is 0 Å². The van der Waals surface area contributed by atoms with Crippen LogP contribution < -0.4 is 0 Å². The molecule has 0 N–H and O–H groups in total. The molecule has 90 valence electrons. The van der Waals surface area contributed by atoms with E-state index in [1.54, 1.807) is 0 Å².